The SMILES string of the molecule is C[C@H]1Cc2ccccc2N1C(=O)COC(=O)c1ccccc1Br. The zero-order chi connectivity index (χ0) is 16.4. The van der Waals surface area contributed by atoms with Crippen LogP contribution in [0.3, 0.4) is 0 Å². The number of anilines is 1. The third-order valence-electron chi connectivity index (χ3n) is 3.90. The number of para-hydroxylation sites is 1. The Bertz CT molecular complexity index is 759. The minimum atomic E-state index is -0.508. The third-order valence-corrected chi connectivity index (χ3v) is 4.59. The van der Waals surface area contributed by atoms with Crippen LogP contribution >= 0.6 is 15.9 Å². The lowest BCUT2D eigenvalue weighted by Gasteiger charge is -2.22. The highest BCUT2D eigenvalue weighted by atomic mass is 79.9. The van der Waals surface area contributed by atoms with E-state index >= 15 is 0 Å². The Labute approximate surface area is 143 Å². The first-order chi connectivity index (χ1) is 11.1. The lowest BCUT2D eigenvalue weighted by atomic mass is 10.1. The van der Waals surface area contributed by atoms with Crippen molar-refractivity contribution in [2.24, 2.45) is 0 Å². The number of ether oxygens (including phenoxy) is 1. The van der Waals surface area contributed by atoms with E-state index in [-0.39, 0.29) is 18.6 Å². The van der Waals surface area contributed by atoms with Gasteiger partial charge in [0.2, 0.25) is 0 Å². The first-order valence-corrected chi connectivity index (χ1v) is 8.19. The Morgan fingerprint density at radius 1 is 1.17 bits per heavy atom. The fraction of sp³-hybridized carbons (Fsp3) is 0.222. The largest absolute Gasteiger partial charge is 0.452 e. The maximum Gasteiger partial charge on any atom is 0.339 e. The fourth-order valence-corrected chi connectivity index (χ4v) is 3.29. The highest BCUT2D eigenvalue weighted by molar-refractivity contribution is 9.10. The molecule has 1 atom stereocenters. The van der Waals surface area contributed by atoms with Crippen molar-refractivity contribution in [3.05, 3.63) is 64.1 Å². The first-order valence-electron chi connectivity index (χ1n) is 7.39. The molecule has 5 heteroatoms. The van der Waals surface area contributed by atoms with Gasteiger partial charge in [-0.1, -0.05) is 30.3 Å². The molecule has 1 aliphatic heterocycles. The predicted molar refractivity (Wildman–Crippen MR) is 91.5 cm³/mol. The van der Waals surface area contributed by atoms with E-state index in [1.54, 1.807) is 23.1 Å². The van der Waals surface area contributed by atoms with Gasteiger partial charge in [-0.05, 0) is 53.0 Å². The number of hydrogen-bond donors (Lipinski definition) is 0. The van der Waals surface area contributed by atoms with Crippen molar-refractivity contribution in [3.63, 3.8) is 0 Å². The van der Waals surface area contributed by atoms with Crippen LogP contribution in [0.15, 0.2) is 53.0 Å². The number of amides is 1. The van der Waals surface area contributed by atoms with Crippen molar-refractivity contribution in [3.8, 4) is 0 Å². The maximum atomic E-state index is 12.5. The van der Waals surface area contributed by atoms with E-state index in [0.717, 1.165) is 17.7 Å². The number of carbonyl (C=O) groups excluding carboxylic acids is 2. The van der Waals surface area contributed by atoms with Gasteiger partial charge in [0.25, 0.3) is 5.91 Å². The summed E-state index contributed by atoms with van der Waals surface area (Å²) in [6, 6.07) is 14.9. The van der Waals surface area contributed by atoms with E-state index in [1.807, 2.05) is 37.3 Å². The average Bonchev–Trinajstić information content (AvgIpc) is 2.88. The zero-order valence-electron chi connectivity index (χ0n) is 12.7. The summed E-state index contributed by atoms with van der Waals surface area (Å²) in [5.74, 6) is -0.714. The van der Waals surface area contributed by atoms with Crippen LogP contribution in [0.5, 0.6) is 0 Å². The number of esters is 1. The van der Waals surface area contributed by atoms with Crippen LogP contribution in [0.4, 0.5) is 5.69 Å². The molecule has 1 heterocycles. The smallest absolute Gasteiger partial charge is 0.339 e. The summed E-state index contributed by atoms with van der Waals surface area (Å²) in [5, 5.41) is 0. The average molecular weight is 374 g/mol. The second-order valence-corrected chi connectivity index (χ2v) is 6.36. The van der Waals surface area contributed by atoms with Crippen molar-refractivity contribution >= 4 is 33.5 Å². The standard InChI is InChI=1S/C18H16BrNO3/c1-12-10-13-6-2-5-9-16(13)20(12)17(21)11-23-18(22)14-7-3-4-8-15(14)19/h2-9,12H,10-11H2,1H3/t12-/m0/s1. The van der Waals surface area contributed by atoms with Crippen LogP contribution in [0.2, 0.25) is 0 Å². The summed E-state index contributed by atoms with van der Waals surface area (Å²) in [7, 11) is 0. The first kappa shape index (κ1) is 15.7. The van der Waals surface area contributed by atoms with E-state index in [1.165, 1.54) is 0 Å². The molecule has 0 N–H and O–H groups in total. The quantitative estimate of drug-likeness (QED) is 0.772. The molecular weight excluding hydrogens is 358 g/mol. The molecule has 0 aromatic heterocycles. The molecule has 4 nitrogen and oxygen atoms in total. The molecule has 23 heavy (non-hydrogen) atoms. The van der Waals surface area contributed by atoms with E-state index in [4.69, 9.17) is 4.74 Å². The van der Waals surface area contributed by atoms with Gasteiger partial charge in [0.15, 0.2) is 6.61 Å². The van der Waals surface area contributed by atoms with Gasteiger partial charge in [0, 0.05) is 16.2 Å². The number of carbonyl (C=O) groups is 2. The molecule has 0 fully saturated rings. The number of fused-ring (bicyclic) bond motifs is 1. The fourth-order valence-electron chi connectivity index (χ4n) is 2.85. The molecule has 0 saturated carbocycles. The van der Waals surface area contributed by atoms with E-state index in [9.17, 15) is 9.59 Å². The Balaban J connectivity index is 1.69. The number of hydrogen-bond acceptors (Lipinski definition) is 3. The van der Waals surface area contributed by atoms with Gasteiger partial charge in [-0.3, -0.25) is 4.79 Å². The molecule has 0 bridgehead atoms. The molecule has 0 aliphatic carbocycles. The van der Waals surface area contributed by atoms with E-state index in [2.05, 4.69) is 15.9 Å². The molecule has 0 unspecified atom stereocenters. The molecular formula is C18H16BrNO3. The summed E-state index contributed by atoms with van der Waals surface area (Å²) in [6.45, 7) is 1.73. The van der Waals surface area contributed by atoms with Crippen LogP contribution in [-0.4, -0.2) is 24.5 Å². The third kappa shape index (κ3) is 3.15. The summed E-state index contributed by atoms with van der Waals surface area (Å²) in [4.78, 5) is 26.3. The van der Waals surface area contributed by atoms with Gasteiger partial charge in [0.05, 0.1) is 5.56 Å². The minimum Gasteiger partial charge on any atom is -0.452 e. The van der Waals surface area contributed by atoms with Crippen LogP contribution in [-0.2, 0) is 16.0 Å². The van der Waals surface area contributed by atoms with Crippen molar-refractivity contribution in [2.45, 2.75) is 19.4 Å². The Kier molecular flexibility index (Phi) is 4.48. The van der Waals surface area contributed by atoms with Crippen molar-refractivity contribution in [1.29, 1.82) is 0 Å². The Hall–Kier alpha value is -2.14. The second-order valence-electron chi connectivity index (χ2n) is 5.50. The lowest BCUT2D eigenvalue weighted by Crippen LogP contribution is -2.38. The van der Waals surface area contributed by atoms with Gasteiger partial charge in [-0.15, -0.1) is 0 Å². The molecule has 2 aromatic rings. The van der Waals surface area contributed by atoms with Crippen LogP contribution in [0.25, 0.3) is 0 Å². The van der Waals surface area contributed by atoms with Crippen molar-refractivity contribution in [1.82, 2.24) is 0 Å². The Morgan fingerprint density at radius 2 is 1.87 bits per heavy atom. The van der Waals surface area contributed by atoms with E-state index < -0.39 is 5.97 Å². The summed E-state index contributed by atoms with van der Waals surface area (Å²) >= 11 is 3.30. The molecule has 2 aromatic carbocycles. The highest BCUT2D eigenvalue weighted by Gasteiger charge is 2.31. The predicted octanol–water partition coefficient (Wildman–Crippen LogP) is 3.58. The maximum absolute atomic E-state index is 12.5. The topological polar surface area (TPSA) is 46.6 Å². The van der Waals surface area contributed by atoms with Gasteiger partial charge >= 0.3 is 5.97 Å². The molecule has 0 spiro atoms. The van der Waals surface area contributed by atoms with E-state index in [0.29, 0.717) is 10.0 Å². The van der Waals surface area contributed by atoms with Crippen molar-refractivity contribution in [2.75, 3.05) is 11.5 Å². The van der Waals surface area contributed by atoms with Gasteiger partial charge < -0.3 is 9.64 Å². The molecule has 0 radical (unpaired) electrons. The number of halogens is 1. The van der Waals surface area contributed by atoms with Gasteiger partial charge in [-0.2, -0.15) is 0 Å². The zero-order valence-corrected chi connectivity index (χ0v) is 14.2. The van der Waals surface area contributed by atoms with Crippen LogP contribution in [0, 0.1) is 0 Å². The van der Waals surface area contributed by atoms with Crippen LogP contribution < -0.4 is 4.90 Å². The van der Waals surface area contributed by atoms with Gasteiger partial charge in [-0.25, -0.2) is 4.79 Å². The second kappa shape index (κ2) is 6.54. The molecule has 118 valence electrons. The molecule has 1 amide bonds. The monoisotopic (exact) mass is 373 g/mol. The number of rotatable bonds is 3. The summed E-state index contributed by atoms with van der Waals surface area (Å²) in [5.41, 5.74) is 2.46. The Morgan fingerprint density at radius 3 is 2.65 bits per heavy atom. The number of nitrogens with zero attached hydrogens (tertiary/aromatic N) is 1. The molecule has 3 rings (SSSR count). The molecule has 0 saturated heterocycles. The highest BCUT2D eigenvalue weighted by Crippen LogP contribution is 2.31. The summed E-state index contributed by atoms with van der Waals surface area (Å²) < 4.78 is 5.84. The van der Waals surface area contributed by atoms with Gasteiger partial charge in [0.1, 0.15) is 0 Å². The summed E-state index contributed by atoms with van der Waals surface area (Å²) in [6.07, 6.45) is 0.820. The molecule has 1 aliphatic rings. The normalized spacial score (nSPS) is 16.1. The van der Waals surface area contributed by atoms with Crippen LogP contribution in [0.1, 0.15) is 22.8 Å². The lowest BCUT2D eigenvalue weighted by molar-refractivity contribution is -0.122. The number of benzene rings is 2. The van der Waals surface area contributed by atoms with Crippen molar-refractivity contribution < 1.29 is 14.3 Å². The minimum absolute atomic E-state index is 0.0714.